The first-order valence-corrected chi connectivity index (χ1v) is 6.95. The van der Waals surface area contributed by atoms with Crippen LogP contribution in [0.3, 0.4) is 0 Å². The van der Waals surface area contributed by atoms with Crippen LogP contribution in [0.5, 0.6) is 0 Å². The number of carbonyl (C=O) groups is 1. The first-order chi connectivity index (χ1) is 10.1. The normalized spacial score (nSPS) is 16.5. The number of aliphatic imine (C=N–C) groups is 1. The Morgan fingerprint density at radius 2 is 1.86 bits per heavy atom. The molecule has 104 valence electrons. The molecule has 21 heavy (non-hydrogen) atoms. The van der Waals surface area contributed by atoms with E-state index in [0.29, 0.717) is 16.6 Å². The molecule has 0 unspecified atom stereocenters. The average Bonchev–Trinajstić information content (AvgIpc) is 2.74. The van der Waals surface area contributed by atoms with Crippen LogP contribution in [0.2, 0.25) is 5.02 Å². The summed E-state index contributed by atoms with van der Waals surface area (Å²) in [7, 11) is 0. The summed E-state index contributed by atoms with van der Waals surface area (Å²) < 4.78 is 0. The first kappa shape index (κ1) is 13.6. The van der Waals surface area contributed by atoms with Crippen LogP contribution in [-0.4, -0.2) is 11.7 Å². The van der Waals surface area contributed by atoms with Crippen LogP contribution in [-0.2, 0) is 4.79 Å². The summed E-state index contributed by atoms with van der Waals surface area (Å²) in [6.45, 7) is 1.81. The van der Waals surface area contributed by atoms with E-state index in [-0.39, 0.29) is 5.91 Å². The zero-order valence-corrected chi connectivity index (χ0v) is 12.2. The summed E-state index contributed by atoms with van der Waals surface area (Å²) in [5, 5.41) is 0.591. The quantitative estimate of drug-likeness (QED) is 0.766. The van der Waals surface area contributed by atoms with E-state index >= 15 is 0 Å². The molecule has 3 nitrogen and oxygen atoms in total. The van der Waals surface area contributed by atoms with Gasteiger partial charge in [0.1, 0.15) is 11.5 Å². The molecule has 2 aromatic rings. The molecule has 0 saturated heterocycles. The van der Waals surface area contributed by atoms with Crippen molar-refractivity contribution in [2.75, 3.05) is 4.90 Å². The van der Waals surface area contributed by atoms with Gasteiger partial charge in [0.05, 0.1) is 5.69 Å². The van der Waals surface area contributed by atoms with Crippen LogP contribution in [0.25, 0.3) is 6.08 Å². The second-order valence-corrected chi connectivity index (χ2v) is 5.16. The minimum Gasteiger partial charge on any atom is -0.266 e. The van der Waals surface area contributed by atoms with Gasteiger partial charge >= 0.3 is 0 Å². The van der Waals surface area contributed by atoms with Crippen LogP contribution >= 0.6 is 11.6 Å². The average molecular weight is 297 g/mol. The van der Waals surface area contributed by atoms with Crippen molar-refractivity contribution in [2.24, 2.45) is 4.99 Å². The summed E-state index contributed by atoms with van der Waals surface area (Å²) in [5.41, 5.74) is 2.11. The summed E-state index contributed by atoms with van der Waals surface area (Å²) in [6.07, 6.45) is 1.79. The van der Waals surface area contributed by atoms with Gasteiger partial charge in [0.2, 0.25) is 0 Å². The number of amides is 1. The van der Waals surface area contributed by atoms with Crippen molar-refractivity contribution in [3.05, 3.63) is 70.9 Å². The highest BCUT2D eigenvalue weighted by molar-refractivity contribution is 6.32. The number of hydrogen-bond donors (Lipinski definition) is 0. The molecule has 0 saturated carbocycles. The highest BCUT2D eigenvalue weighted by atomic mass is 35.5. The number of hydrogen-bond acceptors (Lipinski definition) is 2. The Bertz CT molecular complexity index is 750. The van der Waals surface area contributed by atoms with Gasteiger partial charge in [0.25, 0.3) is 5.91 Å². The third-order valence-electron chi connectivity index (χ3n) is 3.20. The van der Waals surface area contributed by atoms with E-state index in [0.717, 1.165) is 11.3 Å². The minimum atomic E-state index is -0.140. The Morgan fingerprint density at radius 3 is 2.57 bits per heavy atom. The fourth-order valence-corrected chi connectivity index (χ4v) is 2.44. The Labute approximate surface area is 128 Å². The lowest BCUT2D eigenvalue weighted by atomic mass is 10.2. The van der Waals surface area contributed by atoms with Crippen LogP contribution in [0, 0.1) is 0 Å². The van der Waals surface area contributed by atoms with Crippen molar-refractivity contribution < 1.29 is 4.79 Å². The SMILES string of the molecule is CC1=NC(=Cc2ccccc2)C(=O)N1c1cccc(Cl)c1. The van der Waals surface area contributed by atoms with E-state index in [9.17, 15) is 4.79 Å². The van der Waals surface area contributed by atoms with Gasteiger partial charge < -0.3 is 0 Å². The second-order valence-electron chi connectivity index (χ2n) is 4.72. The number of rotatable bonds is 2. The van der Waals surface area contributed by atoms with Crippen LogP contribution in [0.15, 0.2) is 65.3 Å². The molecular weight excluding hydrogens is 284 g/mol. The number of anilines is 1. The molecule has 3 rings (SSSR count). The van der Waals surface area contributed by atoms with Crippen LogP contribution in [0.1, 0.15) is 12.5 Å². The summed E-state index contributed by atoms with van der Waals surface area (Å²) >= 11 is 5.99. The predicted octanol–water partition coefficient (Wildman–Crippen LogP) is 4.15. The summed E-state index contributed by atoms with van der Waals surface area (Å²) in [6, 6.07) is 16.9. The maximum Gasteiger partial charge on any atom is 0.282 e. The van der Waals surface area contributed by atoms with Crippen molar-refractivity contribution in [1.29, 1.82) is 0 Å². The first-order valence-electron chi connectivity index (χ1n) is 6.57. The molecule has 1 heterocycles. The van der Waals surface area contributed by atoms with Gasteiger partial charge in [0, 0.05) is 5.02 Å². The third-order valence-corrected chi connectivity index (χ3v) is 3.43. The molecule has 0 bridgehead atoms. The topological polar surface area (TPSA) is 32.7 Å². The molecule has 0 fully saturated rings. The Hall–Kier alpha value is -2.39. The lowest BCUT2D eigenvalue weighted by Gasteiger charge is -2.15. The highest BCUT2D eigenvalue weighted by Crippen LogP contribution is 2.26. The molecule has 1 amide bonds. The van der Waals surface area contributed by atoms with Crippen molar-refractivity contribution >= 4 is 35.1 Å². The molecule has 0 N–H and O–H groups in total. The van der Waals surface area contributed by atoms with Gasteiger partial charge in [-0.1, -0.05) is 48.0 Å². The number of halogens is 1. The highest BCUT2D eigenvalue weighted by Gasteiger charge is 2.28. The smallest absolute Gasteiger partial charge is 0.266 e. The molecule has 1 aliphatic rings. The molecule has 2 aromatic carbocycles. The monoisotopic (exact) mass is 296 g/mol. The zero-order chi connectivity index (χ0) is 14.8. The number of carbonyl (C=O) groups excluding carboxylic acids is 1. The largest absolute Gasteiger partial charge is 0.282 e. The maximum absolute atomic E-state index is 12.5. The van der Waals surface area contributed by atoms with E-state index in [2.05, 4.69) is 4.99 Å². The van der Waals surface area contributed by atoms with E-state index in [1.54, 1.807) is 23.1 Å². The fraction of sp³-hybridized carbons (Fsp3) is 0.0588. The fourth-order valence-electron chi connectivity index (χ4n) is 2.25. The van der Waals surface area contributed by atoms with Crippen molar-refractivity contribution in [3.8, 4) is 0 Å². The predicted molar refractivity (Wildman–Crippen MR) is 86.5 cm³/mol. The van der Waals surface area contributed by atoms with Gasteiger partial charge in [0.15, 0.2) is 0 Å². The van der Waals surface area contributed by atoms with Gasteiger partial charge in [-0.15, -0.1) is 0 Å². The van der Waals surface area contributed by atoms with E-state index in [1.807, 2.05) is 49.4 Å². The van der Waals surface area contributed by atoms with Crippen molar-refractivity contribution in [3.63, 3.8) is 0 Å². The van der Waals surface area contributed by atoms with E-state index in [4.69, 9.17) is 11.6 Å². The van der Waals surface area contributed by atoms with Gasteiger partial charge in [-0.3, -0.25) is 9.69 Å². The minimum absolute atomic E-state index is 0.140. The van der Waals surface area contributed by atoms with Crippen LogP contribution < -0.4 is 4.90 Å². The molecule has 1 aliphatic heterocycles. The van der Waals surface area contributed by atoms with Gasteiger partial charge in [-0.05, 0) is 36.8 Å². The zero-order valence-electron chi connectivity index (χ0n) is 11.5. The standard InChI is InChI=1S/C17H13ClN2O/c1-12-19-16(10-13-6-3-2-4-7-13)17(21)20(12)15-9-5-8-14(18)11-15/h2-11H,1H3. The molecule has 0 aliphatic carbocycles. The number of amidine groups is 1. The molecule has 0 radical (unpaired) electrons. The molecule has 0 spiro atoms. The van der Waals surface area contributed by atoms with E-state index in [1.165, 1.54) is 0 Å². The van der Waals surface area contributed by atoms with Crippen LogP contribution in [0.4, 0.5) is 5.69 Å². The molecular formula is C17H13ClN2O. The lowest BCUT2D eigenvalue weighted by molar-refractivity contribution is -0.113. The maximum atomic E-state index is 12.5. The Morgan fingerprint density at radius 1 is 1.10 bits per heavy atom. The van der Waals surface area contributed by atoms with Gasteiger partial charge in [-0.2, -0.15) is 0 Å². The molecule has 0 aromatic heterocycles. The summed E-state index contributed by atoms with van der Waals surface area (Å²) in [5.74, 6) is 0.503. The molecule has 0 atom stereocenters. The Balaban J connectivity index is 1.96. The van der Waals surface area contributed by atoms with Gasteiger partial charge in [-0.25, -0.2) is 4.99 Å². The molecule has 4 heteroatoms. The summed E-state index contributed by atoms with van der Waals surface area (Å²) in [4.78, 5) is 18.5. The third kappa shape index (κ3) is 2.73. The number of benzene rings is 2. The lowest BCUT2D eigenvalue weighted by Crippen LogP contribution is -2.30. The second kappa shape index (κ2) is 5.54. The van der Waals surface area contributed by atoms with E-state index < -0.39 is 0 Å². The number of nitrogens with zero attached hydrogens (tertiary/aromatic N) is 2. The Kier molecular flexibility index (Phi) is 3.59. The van der Waals surface area contributed by atoms with Crippen molar-refractivity contribution in [2.45, 2.75) is 6.92 Å². The van der Waals surface area contributed by atoms with Crippen molar-refractivity contribution in [1.82, 2.24) is 0 Å².